The number of carbonyl (C=O) groups excluding carboxylic acids is 1. The van der Waals surface area contributed by atoms with Crippen LogP contribution in [0.25, 0.3) is 0 Å². The molecule has 0 saturated carbocycles. The topological polar surface area (TPSA) is 69.6 Å². The zero-order chi connectivity index (χ0) is 11.9. The summed E-state index contributed by atoms with van der Waals surface area (Å²) in [6, 6.07) is 8.06. The minimum absolute atomic E-state index is 0. The Hall–Kier alpha value is -0.390. The molecule has 0 fully saturated rings. The van der Waals surface area contributed by atoms with Crippen molar-refractivity contribution in [2.75, 3.05) is 0 Å². The van der Waals surface area contributed by atoms with Crippen LogP contribution in [-0.2, 0) is 4.89 Å². The summed E-state index contributed by atoms with van der Waals surface area (Å²) in [7, 11) is 0. The second-order valence-electron chi connectivity index (χ2n) is 3.86. The summed E-state index contributed by atoms with van der Waals surface area (Å²) in [5.74, 6) is -1.13. The molecule has 84 valence electrons. The van der Waals surface area contributed by atoms with Crippen LogP contribution in [0.5, 0.6) is 0 Å². The van der Waals surface area contributed by atoms with Gasteiger partial charge < -0.3 is 9.90 Å². The first-order chi connectivity index (χ1) is 6.87. The SMILES string of the molecule is CC(C)(C)OO.O=C([O-])c1ccccc1.[Na+]. The van der Waals surface area contributed by atoms with Crippen molar-refractivity contribution in [3.8, 4) is 0 Å². The second kappa shape index (κ2) is 8.73. The van der Waals surface area contributed by atoms with Gasteiger partial charge in [-0.05, 0) is 26.3 Å². The van der Waals surface area contributed by atoms with Crippen molar-refractivity contribution in [3.63, 3.8) is 0 Å². The van der Waals surface area contributed by atoms with Crippen molar-refractivity contribution >= 4 is 5.97 Å². The van der Waals surface area contributed by atoms with Gasteiger partial charge in [0.05, 0.1) is 11.6 Å². The summed E-state index contributed by atoms with van der Waals surface area (Å²) >= 11 is 0. The Balaban J connectivity index is 0. The number of hydrogen-bond acceptors (Lipinski definition) is 4. The van der Waals surface area contributed by atoms with E-state index in [9.17, 15) is 9.90 Å². The van der Waals surface area contributed by atoms with Crippen molar-refractivity contribution in [3.05, 3.63) is 35.9 Å². The van der Waals surface area contributed by atoms with Gasteiger partial charge in [-0.3, -0.25) is 5.26 Å². The Labute approximate surface area is 117 Å². The van der Waals surface area contributed by atoms with Crippen molar-refractivity contribution in [2.24, 2.45) is 0 Å². The van der Waals surface area contributed by atoms with Crippen LogP contribution in [0.15, 0.2) is 30.3 Å². The van der Waals surface area contributed by atoms with Gasteiger partial charge in [0.25, 0.3) is 0 Å². The van der Waals surface area contributed by atoms with Gasteiger partial charge >= 0.3 is 29.6 Å². The van der Waals surface area contributed by atoms with Crippen LogP contribution in [0.4, 0.5) is 0 Å². The van der Waals surface area contributed by atoms with Gasteiger partial charge in [0.2, 0.25) is 0 Å². The average Bonchev–Trinajstić information content (AvgIpc) is 2.19. The third-order valence-electron chi connectivity index (χ3n) is 1.28. The van der Waals surface area contributed by atoms with E-state index in [4.69, 9.17) is 5.26 Å². The molecule has 0 aliphatic heterocycles. The van der Waals surface area contributed by atoms with Crippen LogP contribution >= 0.6 is 0 Å². The van der Waals surface area contributed by atoms with Crippen LogP contribution in [0, 0.1) is 0 Å². The van der Waals surface area contributed by atoms with Gasteiger partial charge in [-0.15, -0.1) is 0 Å². The molecule has 0 heterocycles. The van der Waals surface area contributed by atoms with E-state index in [0.717, 1.165) is 0 Å². The fourth-order valence-corrected chi connectivity index (χ4v) is 0.574. The first kappa shape index (κ1) is 18.0. The Kier molecular flexibility index (Phi) is 9.81. The van der Waals surface area contributed by atoms with Crippen LogP contribution < -0.4 is 34.7 Å². The maximum Gasteiger partial charge on any atom is 1.00 e. The van der Waals surface area contributed by atoms with E-state index >= 15 is 0 Å². The van der Waals surface area contributed by atoms with E-state index < -0.39 is 11.6 Å². The predicted octanol–water partition coefficient (Wildman–Crippen LogP) is -1.67. The number of carboxylic acids is 1. The molecule has 1 rings (SSSR count). The Morgan fingerprint density at radius 1 is 1.25 bits per heavy atom. The van der Waals surface area contributed by atoms with E-state index in [-0.39, 0.29) is 35.1 Å². The maximum absolute atomic E-state index is 10.1. The second-order valence-corrected chi connectivity index (χ2v) is 3.86. The first-order valence-electron chi connectivity index (χ1n) is 4.46. The average molecular weight is 234 g/mol. The summed E-state index contributed by atoms with van der Waals surface area (Å²) in [6.07, 6.45) is 0. The van der Waals surface area contributed by atoms with Gasteiger partial charge in [-0.25, -0.2) is 4.89 Å². The predicted molar refractivity (Wildman–Crippen MR) is 54.2 cm³/mol. The molecule has 0 saturated heterocycles. The quantitative estimate of drug-likeness (QED) is 0.358. The smallest absolute Gasteiger partial charge is 0.545 e. The molecule has 0 spiro atoms. The van der Waals surface area contributed by atoms with Gasteiger partial charge in [0.15, 0.2) is 0 Å². The van der Waals surface area contributed by atoms with Gasteiger partial charge in [-0.2, -0.15) is 0 Å². The number of hydrogen-bond donors (Lipinski definition) is 1. The molecular weight excluding hydrogens is 219 g/mol. The first-order valence-corrected chi connectivity index (χ1v) is 4.46. The number of aromatic carboxylic acids is 1. The largest absolute Gasteiger partial charge is 1.00 e. The summed E-state index contributed by atoms with van der Waals surface area (Å²) < 4.78 is 0. The van der Waals surface area contributed by atoms with Crippen LogP contribution in [0.2, 0.25) is 0 Å². The number of rotatable bonds is 1. The number of carboxylic acid groups (broad SMARTS) is 1. The molecular formula is C11H15NaO4. The molecule has 0 aromatic heterocycles. The summed E-state index contributed by atoms with van der Waals surface area (Å²) in [5, 5.41) is 18.0. The fourth-order valence-electron chi connectivity index (χ4n) is 0.574. The van der Waals surface area contributed by atoms with E-state index in [1.54, 1.807) is 39.0 Å². The molecule has 0 aliphatic carbocycles. The van der Waals surface area contributed by atoms with Crippen molar-refractivity contribution in [1.82, 2.24) is 0 Å². The number of benzene rings is 1. The van der Waals surface area contributed by atoms with Gasteiger partial charge in [0, 0.05) is 0 Å². The molecule has 1 N–H and O–H groups in total. The summed E-state index contributed by atoms with van der Waals surface area (Å²) in [5.41, 5.74) is -0.183. The molecule has 0 bridgehead atoms. The Morgan fingerprint density at radius 2 is 1.62 bits per heavy atom. The molecule has 0 aliphatic rings. The molecule has 5 heteroatoms. The van der Waals surface area contributed by atoms with E-state index in [1.165, 1.54) is 12.1 Å². The minimum atomic E-state index is -1.13. The van der Waals surface area contributed by atoms with E-state index in [2.05, 4.69) is 4.89 Å². The molecule has 0 unspecified atom stereocenters. The minimum Gasteiger partial charge on any atom is -0.545 e. The number of carbonyl (C=O) groups is 1. The molecule has 0 atom stereocenters. The standard InChI is InChI=1S/C7H6O2.C4H10O2.Na/c8-7(9)6-4-2-1-3-5-6;1-4(2,3)6-5;/h1-5H,(H,8,9);5H,1-3H3;/q;;+1/p-1. The molecule has 16 heavy (non-hydrogen) atoms. The van der Waals surface area contributed by atoms with E-state index in [0.29, 0.717) is 0 Å². The normalized spacial score (nSPS) is 9.50. The van der Waals surface area contributed by atoms with Gasteiger partial charge in [-0.1, -0.05) is 30.3 Å². The molecule has 4 nitrogen and oxygen atoms in total. The fraction of sp³-hybridized carbons (Fsp3) is 0.364. The van der Waals surface area contributed by atoms with Crippen LogP contribution in [0.1, 0.15) is 31.1 Å². The monoisotopic (exact) mass is 234 g/mol. The van der Waals surface area contributed by atoms with Gasteiger partial charge in [0.1, 0.15) is 0 Å². The van der Waals surface area contributed by atoms with Crippen molar-refractivity contribution in [1.29, 1.82) is 0 Å². The Bertz CT molecular complexity index is 293. The molecule has 1 aromatic carbocycles. The maximum atomic E-state index is 10.1. The van der Waals surface area contributed by atoms with Crippen LogP contribution in [-0.4, -0.2) is 16.8 Å². The zero-order valence-electron chi connectivity index (χ0n) is 10.1. The molecule has 1 aromatic rings. The van der Waals surface area contributed by atoms with Crippen molar-refractivity contribution in [2.45, 2.75) is 26.4 Å². The summed E-state index contributed by atoms with van der Waals surface area (Å²) in [4.78, 5) is 14.0. The molecule has 0 radical (unpaired) electrons. The van der Waals surface area contributed by atoms with E-state index in [1.807, 2.05) is 0 Å². The zero-order valence-corrected chi connectivity index (χ0v) is 12.1. The third-order valence-corrected chi connectivity index (χ3v) is 1.28. The molecule has 0 amide bonds. The summed E-state index contributed by atoms with van der Waals surface area (Å²) in [6.45, 7) is 5.31. The van der Waals surface area contributed by atoms with Crippen LogP contribution in [0.3, 0.4) is 0 Å². The third kappa shape index (κ3) is 10.1. The Morgan fingerprint density at radius 3 is 1.81 bits per heavy atom. The van der Waals surface area contributed by atoms with Crippen molar-refractivity contribution < 1.29 is 49.6 Å².